The number of ether oxygens (including phenoxy) is 2. The second-order valence-electron chi connectivity index (χ2n) is 11.4. The molecule has 1 N–H and O–H groups in total. The molecule has 2 aliphatic heterocycles. The van der Waals surface area contributed by atoms with Crippen LogP contribution in [0, 0.1) is 17.8 Å². The van der Waals surface area contributed by atoms with Crippen molar-refractivity contribution in [2.24, 2.45) is 17.8 Å². The van der Waals surface area contributed by atoms with Gasteiger partial charge < -0.3 is 14.6 Å². The first-order valence-electron chi connectivity index (χ1n) is 15.0. The fraction of sp³-hybridized carbons (Fsp3) is 0.333. The molecule has 0 saturated carbocycles. The highest BCUT2D eigenvalue weighted by atomic mass is 16.5. The molecule has 0 radical (unpaired) electrons. The van der Waals surface area contributed by atoms with Crippen molar-refractivity contribution in [1.82, 2.24) is 4.90 Å². The lowest BCUT2D eigenvalue weighted by Gasteiger charge is -2.32. The number of hydrogen-bond acceptors (Lipinski definition) is 5. The van der Waals surface area contributed by atoms with Crippen LogP contribution in [0.1, 0.15) is 43.7 Å². The number of nitrogens with zero attached hydrogens (tertiary/aromatic N) is 1. The predicted molar refractivity (Wildman–Crippen MR) is 162 cm³/mol. The van der Waals surface area contributed by atoms with Gasteiger partial charge in [-0.1, -0.05) is 73.7 Å². The maximum absolute atomic E-state index is 13.5. The second kappa shape index (κ2) is 12.4. The topological polar surface area (TPSA) is 76.1 Å². The number of imide groups is 1. The van der Waals surface area contributed by atoms with E-state index in [1.807, 2.05) is 79.7 Å². The molecule has 3 aromatic rings. The number of allylic oxidation sites excluding steroid dienone is 1. The van der Waals surface area contributed by atoms with E-state index < -0.39 is 0 Å². The Hall–Kier alpha value is -4.16. The molecule has 2 amide bonds. The monoisotopic (exact) mass is 563 g/mol. The lowest BCUT2D eigenvalue weighted by atomic mass is 9.69. The number of benzene rings is 3. The molecule has 2 saturated heterocycles. The third-order valence-electron chi connectivity index (χ3n) is 8.79. The predicted octanol–water partition coefficient (Wildman–Crippen LogP) is 6.52. The average Bonchev–Trinajstić information content (AvgIpc) is 3.55. The van der Waals surface area contributed by atoms with Crippen LogP contribution in [-0.2, 0) is 14.3 Å². The summed E-state index contributed by atoms with van der Waals surface area (Å²) in [6.07, 6.45) is 4.57. The highest BCUT2D eigenvalue weighted by Crippen LogP contribution is 2.50. The zero-order valence-electron chi connectivity index (χ0n) is 23.9. The van der Waals surface area contributed by atoms with Crippen molar-refractivity contribution in [1.29, 1.82) is 0 Å². The van der Waals surface area contributed by atoms with Gasteiger partial charge >= 0.3 is 0 Å². The molecular formula is C36H37NO5. The average molecular weight is 564 g/mol. The Balaban J connectivity index is 1.30. The van der Waals surface area contributed by atoms with Crippen molar-refractivity contribution in [3.8, 4) is 11.5 Å². The quantitative estimate of drug-likeness (QED) is 0.173. The Bertz CT molecular complexity index is 1500. The van der Waals surface area contributed by atoms with Gasteiger partial charge in [-0.15, -0.1) is 0 Å². The summed E-state index contributed by atoms with van der Waals surface area (Å²) in [6, 6.07) is 27.2. The molecule has 4 atom stereocenters. The molecule has 216 valence electrons. The molecule has 3 aliphatic rings. The number of carbonyl (C=O) groups excluding carboxylic acids is 2. The van der Waals surface area contributed by atoms with E-state index in [2.05, 4.69) is 12.1 Å². The summed E-state index contributed by atoms with van der Waals surface area (Å²) >= 11 is 0. The maximum Gasteiger partial charge on any atom is 0.233 e. The molecule has 2 heterocycles. The first-order chi connectivity index (χ1) is 20.5. The number of phenols is 1. The maximum atomic E-state index is 13.5. The number of fused-ring (bicyclic) bond motifs is 3. The Morgan fingerprint density at radius 1 is 0.952 bits per heavy atom. The van der Waals surface area contributed by atoms with Gasteiger partial charge in [0.2, 0.25) is 11.8 Å². The van der Waals surface area contributed by atoms with Crippen LogP contribution in [0.3, 0.4) is 0 Å². The van der Waals surface area contributed by atoms with E-state index in [-0.39, 0.29) is 41.4 Å². The number of para-hydroxylation sites is 2. The summed E-state index contributed by atoms with van der Waals surface area (Å²) in [5.41, 5.74) is 5.18. The normalized spacial score (nSPS) is 23.7. The van der Waals surface area contributed by atoms with Gasteiger partial charge in [0.05, 0.1) is 24.5 Å². The molecule has 3 aromatic carbocycles. The van der Waals surface area contributed by atoms with Crippen LogP contribution in [0.4, 0.5) is 0 Å². The highest BCUT2D eigenvalue weighted by Gasteiger charge is 2.56. The van der Waals surface area contributed by atoms with Gasteiger partial charge in [-0.2, -0.15) is 0 Å². The Morgan fingerprint density at radius 2 is 1.67 bits per heavy atom. The van der Waals surface area contributed by atoms with E-state index >= 15 is 0 Å². The van der Waals surface area contributed by atoms with Gasteiger partial charge in [-0.05, 0) is 72.2 Å². The second-order valence-corrected chi connectivity index (χ2v) is 11.4. The van der Waals surface area contributed by atoms with Crippen molar-refractivity contribution < 1.29 is 24.2 Å². The van der Waals surface area contributed by atoms with E-state index in [0.29, 0.717) is 32.6 Å². The molecule has 0 bridgehead atoms. The Kier molecular flexibility index (Phi) is 8.24. The fourth-order valence-electron chi connectivity index (χ4n) is 6.84. The van der Waals surface area contributed by atoms with E-state index in [9.17, 15) is 14.7 Å². The number of carbonyl (C=O) groups is 2. The summed E-state index contributed by atoms with van der Waals surface area (Å²) in [7, 11) is 0. The van der Waals surface area contributed by atoms with Gasteiger partial charge in [-0.25, -0.2) is 0 Å². The Morgan fingerprint density at radius 3 is 2.40 bits per heavy atom. The van der Waals surface area contributed by atoms with Gasteiger partial charge in [0.15, 0.2) is 0 Å². The number of rotatable bonds is 10. The Labute approximate surface area is 247 Å². The zero-order chi connectivity index (χ0) is 29.1. The van der Waals surface area contributed by atoms with Gasteiger partial charge in [0.25, 0.3) is 0 Å². The van der Waals surface area contributed by atoms with E-state index in [4.69, 9.17) is 9.47 Å². The number of likely N-dealkylation sites (tertiary alicyclic amines) is 1. The molecule has 0 unspecified atom stereocenters. The van der Waals surface area contributed by atoms with Crippen molar-refractivity contribution in [2.45, 2.75) is 38.7 Å². The number of hydrogen-bond donors (Lipinski definition) is 1. The molecule has 0 spiro atoms. The molecule has 2 fully saturated rings. The molecule has 0 aromatic heterocycles. The minimum Gasteiger partial charge on any atom is -0.507 e. The lowest BCUT2D eigenvalue weighted by molar-refractivity contribution is -0.140. The highest BCUT2D eigenvalue weighted by molar-refractivity contribution is 6.06. The largest absolute Gasteiger partial charge is 0.507 e. The van der Waals surface area contributed by atoms with E-state index in [0.717, 1.165) is 46.4 Å². The molecule has 6 heteroatoms. The van der Waals surface area contributed by atoms with E-state index in [1.165, 1.54) is 4.90 Å². The molecule has 42 heavy (non-hydrogen) atoms. The zero-order valence-corrected chi connectivity index (χ0v) is 23.9. The van der Waals surface area contributed by atoms with E-state index in [1.54, 1.807) is 6.07 Å². The molecule has 6 rings (SSSR count). The van der Waals surface area contributed by atoms with Crippen LogP contribution in [0.2, 0.25) is 0 Å². The van der Waals surface area contributed by atoms with Crippen LogP contribution in [0.15, 0.2) is 96.1 Å². The van der Waals surface area contributed by atoms with Crippen LogP contribution >= 0.6 is 0 Å². The fourth-order valence-corrected chi connectivity index (χ4v) is 6.84. The van der Waals surface area contributed by atoms with Crippen molar-refractivity contribution in [3.05, 3.63) is 107 Å². The first-order valence-corrected chi connectivity index (χ1v) is 15.0. The van der Waals surface area contributed by atoms with Gasteiger partial charge in [0.1, 0.15) is 18.1 Å². The van der Waals surface area contributed by atoms with Gasteiger partial charge in [-0.3, -0.25) is 14.5 Å². The SMILES string of the molecule is CCCN1C(=O)[C@@H]2[C@@H](CC(COc3ccccc3)=C3[C@@H](CC/C(=C/c4ccccc4O)c4ccccc4)OC[C@@H]32)C1=O. The minimum atomic E-state index is -0.366. The minimum absolute atomic E-state index is 0.0500. The van der Waals surface area contributed by atoms with Crippen molar-refractivity contribution >= 4 is 23.5 Å². The third kappa shape index (κ3) is 5.51. The van der Waals surface area contributed by atoms with Crippen molar-refractivity contribution in [3.63, 3.8) is 0 Å². The molecule has 1 aliphatic carbocycles. The number of phenolic OH excluding ortho intramolecular Hbond substituents is 1. The summed E-state index contributed by atoms with van der Waals surface area (Å²) in [6.45, 7) is 3.25. The first kappa shape index (κ1) is 28.0. The molecule has 6 nitrogen and oxygen atoms in total. The summed E-state index contributed by atoms with van der Waals surface area (Å²) in [4.78, 5) is 28.4. The van der Waals surface area contributed by atoms with Crippen LogP contribution < -0.4 is 4.74 Å². The van der Waals surface area contributed by atoms with Crippen LogP contribution in [0.25, 0.3) is 11.6 Å². The van der Waals surface area contributed by atoms with Crippen LogP contribution in [0.5, 0.6) is 11.5 Å². The smallest absolute Gasteiger partial charge is 0.233 e. The third-order valence-corrected chi connectivity index (χ3v) is 8.79. The summed E-state index contributed by atoms with van der Waals surface area (Å²) < 4.78 is 12.7. The van der Waals surface area contributed by atoms with Crippen molar-refractivity contribution in [2.75, 3.05) is 19.8 Å². The number of amides is 2. The lowest BCUT2D eigenvalue weighted by Crippen LogP contribution is -2.35. The number of aromatic hydroxyl groups is 1. The standard InChI is InChI=1S/C36H37NO5/c1-2-19-37-35(39)29-21-27(22-41-28-14-7-4-8-15-28)33-30(34(29)36(37)40)23-42-32(33)18-17-25(24-11-5-3-6-12-24)20-26-13-9-10-16-31(26)38/h3-16,20,29-30,32,34,38H,2,17-19,21-23H2,1H3/b25-20-/t29-,30+,32-,34-/m1/s1. The summed E-state index contributed by atoms with van der Waals surface area (Å²) in [5.74, 6) is 0.0762. The summed E-state index contributed by atoms with van der Waals surface area (Å²) in [5, 5.41) is 10.5. The van der Waals surface area contributed by atoms with Gasteiger partial charge in [0, 0.05) is 18.0 Å². The molecular weight excluding hydrogens is 526 g/mol. The van der Waals surface area contributed by atoms with Crippen LogP contribution in [-0.4, -0.2) is 47.7 Å².